The van der Waals surface area contributed by atoms with Gasteiger partial charge in [-0.2, -0.15) is 0 Å². The molecular formula is C14H22N4O3. The van der Waals surface area contributed by atoms with Crippen LogP contribution in [0, 0.1) is 5.92 Å². The molecule has 1 aliphatic carbocycles. The maximum atomic E-state index is 12.3. The van der Waals surface area contributed by atoms with Crippen molar-refractivity contribution in [3.63, 3.8) is 0 Å². The van der Waals surface area contributed by atoms with Crippen LogP contribution in [0.2, 0.25) is 0 Å². The first-order valence-corrected chi connectivity index (χ1v) is 7.39. The lowest BCUT2D eigenvalue weighted by Gasteiger charge is -2.20. The van der Waals surface area contributed by atoms with Crippen LogP contribution in [-0.2, 0) is 17.8 Å². The summed E-state index contributed by atoms with van der Waals surface area (Å²) < 4.78 is 1.44. The molecule has 0 spiro atoms. The molecular weight excluding hydrogens is 272 g/mol. The van der Waals surface area contributed by atoms with Gasteiger partial charge in [-0.05, 0) is 32.1 Å². The molecule has 7 nitrogen and oxygen atoms in total. The molecule has 21 heavy (non-hydrogen) atoms. The summed E-state index contributed by atoms with van der Waals surface area (Å²) >= 11 is 0. The maximum Gasteiger partial charge on any atom is 0.358 e. The summed E-state index contributed by atoms with van der Waals surface area (Å²) in [5, 5.41) is 16.7. The monoisotopic (exact) mass is 294 g/mol. The number of amides is 1. The predicted molar refractivity (Wildman–Crippen MR) is 75.9 cm³/mol. The lowest BCUT2D eigenvalue weighted by atomic mass is 10.1. The van der Waals surface area contributed by atoms with Gasteiger partial charge in [0.05, 0.1) is 5.69 Å². The van der Waals surface area contributed by atoms with E-state index in [-0.39, 0.29) is 24.1 Å². The van der Waals surface area contributed by atoms with E-state index >= 15 is 0 Å². The average molecular weight is 294 g/mol. The third-order valence-electron chi connectivity index (χ3n) is 3.58. The summed E-state index contributed by atoms with van der Waals surface area (Å²) in [5.74, 6) is -0.855. The Morgan fingerprint density at radius 3 is 2.57 bits per heavy atom. The van der Waals surface area contributed by atoms with Gasteiger partial charge in [0.25, 0.3) is 0 Å². The molecule has 0 aromatic carbocycles. The van der Waals surface area contributed by atoms with Gasteiger partial charge in [-0.25, -0.2) is 9.48 Å². The quantitative estimate of drug-likeness (QED) is 0.816. The van der Waals surface area contributed by atoms with Crippen molar-refractivity contribution < 1.29 is 14.7 Å². The van der Waals surface area contributed by atoms with E-state index in [1.165, 1.54) is 4.68 Å². The third-order valence-corrected chi connectivity index (χ3v) is 3.58. The van der Waals surface area contributed by atoms with Crippen molar-refractivity contribution in [3.05, 3.63) is 11.4 Å². The van der Waals surface area contributed by atoms with Crippen molar-refractivity contribution in [2.24, 2.45) is 5.92 Å². The molecule has 7 heteroatoms. The number of carbonyl (C=O) groups is 2. The largest absolute Gasteiger partial charge is 0.476 e. The molecule has 1 aromatic heterocycles. The fourth-order valence-electron chi connectivity index (χ4n) is 2.46. The highest BCUT2D eigenvalue weighted by atomic mass is 16.4. The van der Waals surface area contributed by atoms with Gasteiger partial charge in [0.2, 0.25) is 5.91 Å². The second kappa shape index (κ2) is 6.24. The van der Waals surface area contributed by atoms with E-state index in [9.17, 15) is 9.59 Å². The Hall–Kier alpha value is -1.92. The van der Waals surface area contributed by atoms with Crippen LogP contribution < -0.4 is 0 Å². The molecule has 2 rings (SSSR count). The Morgan fingerprint density at radius 2 is 2.10 bits per heavy atom. The summed E-state index contributed by atoms with van der Waals surface area (Å²) in [7, 11) is 0. The van der Waals surface area contributed by atoms with Crippen molar-refractivity contribution in [3.8, 4) is 0 Å². The number of rotatable bonds is 7. The molecule has 0 saturated heterocycles. The van der Waals surface area contributed by atoms with Crippen molar-refractivity contribution in [1.29, 1.82) is 0 Å². The first kappa shape index (κ1) is 15.5. The lowest BCUT2D eigenvalue weighted by Crippen LogP contribution is -2.36. The van der Waals surface area contributed by atoms with Crippen molar-refractivity contribution in [2.75, 3.05) is 6.54 Å². The first-order valence-electron chi connectivity index (χ1n) is 7.39. The molecule has 1 heterocycles. The highest BCUT2D eigenvalue weighted by molar-refractivity contribution is 5.86. The molecule has 0 atom stereocenters. The molecule has 1 aliphatic rings. The number of likely N-dealkylation sites (N-methyl/N-ethyl adjacent to an activating group) is 1. The summed E-state index contributed by atoms with van der Waals surface area (Å²) in [5.41, 5.74) is 0.476. The Morgan fingerprint density at radius 1 is 1.43 bits per heavy atom. The number of carboxylic acid groups (broad SMARTS) is 1. The molecule has 1 N–H and O–H groups in total. The fraction of sp³-hybridized carbons (Fsp3) is 0.714. The third kappa shape index (κ3) is 3.59. The topological polar surface area (TPSA) is 88.3 Å². The fourth-order valence-corrected chi connectivity index (χ4v) is 2.46. The van der Waals surface area contributed by atoms with E-state index < -0.39 is 5.97 Å². The van der Waals surface area contributed by atoms with Crippen molar-refractivity contribution in [1.82, 2.24) is 19.9 Å². The van der Waals surface area contributed by atoms with Crippen LogP contribution in [-0.4, -0.2) is 49.5 Å². The number of aromatic nitrogens is 3. The van der Waals surface area contributed by atoms with Crippen LogP contribution in [0.4, 0.5) is 0 Å². The zero-order valence-corrected chi connectivity index (χ0v) is 12.7. The minimum Gasteiger partial charge on any atom is -0.476 e. The first-order chi connectivity index (χ1) is 9.93. The van der Waals surface area contributed by atoms with E-state index in [1.54, 1.807) is 0 Å². The number of hydrogen-bond acceptors (Lipinski definition) is 4. The van der Waals surface area contributed by atoms with Gasteiger partial charge < -0.3 is 10.0 Å². The molecule has 0 unspecified atom stereocenters. The molecule has 1 amide bonds. The van der Waals surface area contributed by atoms with Crippen molar-refractivity contribution >= 4 is 11.9 Å². The second-order valence-electron chi connectivity index (χ2n) is 5.86. The Balaban J connectivity index is 2.18. The zero-order chi connectivity index (χ0) is 15.6. The molecule has 1 fully saturated rings. The van der Waals surface area contributed by atoms with Gasteiger partial charge >= 0.3 is 5.97 Å². The lowest BCUT2D eigenvalue weighted by molar-refractivity contribution is -0.132. The molecule has 116 valence electrons. The van der Waals surface area contributed by atoms with E-state index in [0.717, 1.165) is 12.8 Å². The molecule has 1 aromatic rings. The number of aromatic carboxylic acids is 1. The number of hydrogen-bond donors (Lipinski definition) is 1. The number of carboxylic acids is 1. The highest BCUT2D eigenvalue weighted by Crippen LogP contribution is 2.26. The smallest absolute Gasteiger partial charge is 0.358 e. The van der Waals surface area contributed by atoms with Gasteiger partial charge in [-0.15, -0.1) is 5.10 Å². The van der Waals surface area contributed by atoms with Crippen LogP contribution in [0.5, 0.6) is 0 Å². The highest BCUT2D eigenvalue weighted by Gasteiger charge is 2.32. The molecule has 0 bridgehead atoms. The molecule has 1 saturated carbocycles. The Kier molecular flexibility index (Phi) is 4.59. The van der Waals surface area contributed by atoms with Gasteiger partial charge in [0, 0.05) is 12.6 Å². The SMILES string of the molecule is CCN(C(=O)Cn1nnc(C(=O)O)c1CC(C)C)C1CC1. The van der Waals surface area contributed by atoms with Gasteiger partial charge in [0.1, 0.15) is 6.54 Å². The van der Waals surface area contributed by atoms with Crippen LogP contribution in [0.1, 0.15) is 49.8 Å². The van der Waals surface area contributed by atoms with Gasteiger partial charge in [-0.1, -0.05) is 19.1 Å². The minimum atomic E-state index is -1.10. The minimum absolute atomic E-state index is 0.0214. The van der Waals surface area contributed by atoms with Crippen molar-refractivity contribution in [2.45, 2.75) is 52.6 Å². The predicted octanol–water partition coefficient (Wildman–Crippen LogP) is 1.19. The summed E-state index contributed by atoms with van der Waals surface area (Å²) in [6, 6.07) is 0.346. The normalized spacial score (nSPS) is 14.5. The Labute approximate surface area is 123 Å². The van der Waals surface area contributed by atoms with Crippen LogP contribution >= 0.6 is 0 Å². The number of nitrogens with zero attached hydrogens (tertiary/aromatic N) is 4. The van der Waals surface area contributed by atoms with E-state index in [2.05, 4.69) is 10.3 Å². The summed E-state index contributed by atoms with van der Waals surface area (Å²) in [4.78, 5) is 25.4. The number of carbonyl (C=O) groups excluding carboxylic acids is 1. The maximum absolute atomic E-state index is 12.3. The standard InChI is InChI=1S/C14H22N4O3/c1-4-17(10-5-6-10)12(19)8-18-11(7-9(2)3)13(14(20)21)15-16-18/h9-10H,4-8H2,1-3H3,(H,20,21). The Bertz CT molecular complexity index is 534. The van der Waals surface area contributed by atoms with Gasteiger partial charge in [0.15, 0.2) is 5.69 Å². The van der Waals surface area contributed by atoms with Crippen LogP contribution in [0.3, 0.4) is 0 Å². The van der Waals surface area contributed by atoms with Gasteiger partial charge in [-0.3, -0.25) is 4.79 Å². The summed E-state index contributed by atoms with van der Waals surface area (Å²) in [6.45, 7) is 6.67. The molecule has 0 aliphatic heterocycles. The summed E-state index contributed by atoms with van der Waals surface area (Å²) in [6.07, 6.45) is 2.64. The van der Waals surface area contributed by atoms with E-state index in [4.69, 9.17) is 5.11 Å². The molecule has 0 radical (unpaired) electrons. The van der Waals surface area contributed by atoms with E-state index in [1.807, 2.05) is 25.7 Å². The average Bonchev–Trinajstić information content (AvgIpc) is 3.14. The second-order valence-corrected chi connectivity index (χ2v) is 5.86. The van der Waals surface area contributed by atoms with E-state index in [0.29, 0.717) is 24.7 Å². The van der Waals surface area contributed by atoms with Crippen LogP contribution in [0.15, 0.2) is 0 Å². The zero-order valence-electron chi connectivity index (χ0n) is 12.7. The van der Waals surface area contributed by atoms with Crippen LogP contribution in [0.25, 0.3) is 0 Å².